The van der Waals surface area contributed by atoms with E-state index in [-0.39, 0.29) is 38.6 Å². The van der Waals surface area contributed by atoms with E-state index in [2.05, 4.69) is 148 Å². The van der Waals surface area contributed by atoms with E-state index in [0.717, 1.165) is 116 Å². The summed E-state index contributed by atoms with van der Waals surface area (Å²) >= 11 is 0. The van der Waals surface area contributed by atoms with Crippen molar-refractivity contribution in [3.8, 4) is 0 Å². The van der Waals surface area contributed by atoms with Gasteiger partial charge < -0.3 is 33.3 Å². The van der Waals surface area contributed by atoms with Gasteiger partial charge in [-0.05, 0) is 109 Å². The number of aliphatic carboxylic acids is 1. The van der Waals surface area contributed by atoms with Gasteiger partial charge in [-0.1, -0.05) is 321 Å². The second kappa shape index (κ2) is 71.3. The number of allylic oxidation sites excluding steroid dienone is 22. The zero-order valence-electron chi connectivity index (χ0n) is 59.4. The minimum atomic E-state index is -1.63. The molecule has 0 aliphatic heterocycles. The van der Waals surface area contributed by atoms with Crippen LogP contribution in [0.3, 0.4) is 0 Å². The number of rotatable bonds is 68. The van der Waals surface area contributed by atoms with Crippen molar-refractivity contribution in [2.75, 3.05) is 47.5 Å². The molecule has 0 saturated carbocycles. The monoisotopic (exact) mass is 1270 g/mol. The van der Waals surface area contributed by atoms with Gasteiger partial charge >= 0.3 is 11.9 Å². The molecule has 0 saturated heterocycles. The molecular weight excluding hydrogens is 1130 g/mol. The summed E-state index contributed by atoms with van der Waals surface area (Å²) in [5, 5.41) is 11.8. The summed E-state index contributed by atoms with van der Waals surface area (Å²) in [6, 6.07) is 0. The van der Waals surface area contributed by atoms with E-state index in [0.29, 0.717) is 17.4 Å². The first-order valence-electron chi connectivity index (χ1n) is 37.3. The Labute approximate surface area is 560 Å². The lowest BCUT2D eigenvalue weighted by Gasteiger charge is -2.26. The number of carboxylic acids is 1. The second-order valence-electron chi connectivity index (χ2n) is 25.8. The average molecular weight is 1270 g/mol. The molecule has 0 heterocycles. The average Bonchev–Trinajstić information content (AvgIpc) is 3.53. The van der Waals surface area contributed by atoms with E-state index in [1.54, 1.807) is 0 Å². The number of carbonyl (C=O) groups excluding carboxylic acids is 3. The van der Waals surface area contributed by atoms with Crippen LogP contribution < -0.4 is 5.11 Å². The first-order valence-corrected chi connectivity index (χ1v) is 37.3. The van der Waals surface area contributed by atoms with Gasteiger partial charge in [-0.15, -0.1) is 0 Å². The van der Waals surface area contributed by atoms with Crippen LogP contribution in [0.25, 0.3) is 0 Å². The van der Waals surface area contributed by atoms with Gasteiger partial charge in [0, 0.05) is 12.8 Å². The third-order valence-electron chi connectivity index (χ3n) is 15.9. The predicted octanol–water partition coefficient (Wildman–Crippen LogP) is 22.4. The first-order chi connectivity index (χ1) is 44.6. The number of esters is 2. The molecule has 0 radical (unpaired) electrons. The smallest absolute Gasteiger partial charge is 0.306 e. The Kier molecular flexibility index (Phi) is 67.7. The van der Waals surface area contributed by atoms with Crippen LogP contribution in [0.15, 0.2) is 134 Å². The van der Waals surface area contributed by atoms with Crippen LogP contribution in [-0.4, -0.2) is 82.3 Å². The van der Waals surface area contributed by atoms with E-state index < -0.39 is 24.3 Å². The maximum atomic E-state index is 13.0. The molecule has 0 amide bonds. The molecule has 520 valence electrons. The summed E-state index contributed by atoms with van der Waals surface area (Å²) < 4.78 is 22.8. The van der Waals surface area contributed by atoms with E-state index in [9.17, 15) is 19.5 Å². The molecule has 9 nitrogen and oxygen atoms in total. The molecule has 0 aliphatic carbocycles. The molecule has 0 fully saturated rings. The zero-order valence-corrected chi connectivity index (χ0v) is 59.4. The Balaban J connectivity index is 4.03. The minimum absolute atomic E-state index is 0.143. The number of ether oxygens (including phenoxy) is 4. The van der Waals surface area contributed by atoms with Crippen LogP contribution >= 0.6 is 0 Å². The minimum Gasteiger partial charge on any atom is -0.545 e. The second-order valence-corrected chi connectivity index (χ2v) is 25.8. The SMILES string of the molecule is CC/C=C\C/C=C\C/C=C\C/C=C\C/C=C\C/C=C\CCCCCCCCCCCCCCCCCCCCCCCCC(=O)OC(COC(=O)CCCCCCCCCCC/C=C\C/C=C\C/C=C\C/C=C\C/C=C\CC)COC(OCC[N+](C)(C)C)C(=O)[O-]. The molecular formula is C82H139NO8. The lowest BCUT2D eigenvalue weighted by atomic mass is 10.0. The normalized spacial score (nSPS) is 13.5. The number of carboxylic acid groups (broad SMARTS) is 1. The van der Waals surface area contributed by atoms with Crippen molar-refractivity contribution in [3.63, 3.8) is 0 Å². The fourth-order valence-electron chi connectivity index (χ4n) is 10.3. The Morgan fingerprint density at radius 2 is 0.593 bits per heavy atom. The number of unbranched alkanes of at least 4 members (excludes halogenated alkanes) is 31. The maximum Gasteiger partial charge on any atom is 0.306 e. The maximum absolute atomic E-state index is 13.0. The molecule has 0 N–H and O–H groups in total. The molecule has 0 spiro atoms. The van der Waals surface area contributed by atoms with Crippen LogP contribution in [0.5, 0.6) is 0 Å². The standard InChI is InChI=1S/C82H139NO8/c1-6-8-10-12-14-16-18-20-22-24-26-28-30-32-33-34-35-36-37-38-39-40-41-42-43-44-45-46-47-49-51-53-55-57-59-61-63-65-67-69-71-73-80(85)91-78(77-90-82(81(86)87)88-75-74-83(3,4)5)76-89-79(84)72-70-68-66-64-62-60-58-56-54-52-50-48-31-29-27-25-23-21-19-17-15-13-11-9-7-2/h8-11,14-17,20-23,26-29,32-33,35-36,48,50,78,82H,6-7,12-13,18-19,24-25,30-31,34,37-47,49,51-77H2,1-5H3/b10-8-,11-9-,16-14-,17-15-,22-20-,23-21-,28-26-,29-27-,33-32-,36-35-,50-48-. The number of carbonyl (C=O) groups is 3. The Morgan fingerprint density at radius 3 is 0.879 bits per heavy atom. The Hall–Kier alpha value is -4.57. The van der Waals surface area contributed by atoms with Gasteiger partial charge in [-0.25, -0.2) is 0 Å². The molecule has 0 aromatic carbocycles. The summed E-state index contributed by atoms with van der Waals surface area (Å²) in [6.07, 6.45) is 99.8. The quantitative estimate of drug-likeness (QED) is 0.0195. The molecule has 91 heavy (non-hydrogen) atoms. The molecule has 0 aromatic rings. The highest BCUT2D eigenvalue weighted by Gasteiger charge is 2.22. The lowest BCUT2D eigenvalue weighted by molar-refractivity contribution is -0.870. The van der Waals surface area contributed by atoms with E-state index >= 15 is 0 Å². The highest BCUT2D eigenvalue weighted by atomic mass is 16.7. The van der Waals surface area contributed by atoms with Gasteiger partial charge in [-0.2, -0.15) is 0 Å². The van der Waals surface area contributed by atoms with Crippen LogP contribution in [0, 0.1) is 0 Å². The Bertz CT molecular complexity index is 1960. The predicted molar refractivity (Wildman–Crippen MR) is 389 cm³/mol. The summed E-state index contributed by atoms with van der Waals surface area (Å²) in [4.78, 5) is 37.5. The van der Waals surface area contributed by atoms with Crippen molar-refractivity contribution in [2.24, 2.45) is 0 Å². The van der Waals surface area contributed by atoms with Crippen molar-refractivity contribution in [3.05, 3.63) is 134 Å². The fourth-order valence-corrected chi connectivity index (χ4v) is 10.3. The fraction of sp³-hybridized carbons (Fsp3) is 0.695. The number of nitrogens with zero attached hydrogens (tertiary/aromatic N) is 1. The molecule has 0 aliphatic rings. The van der Waals surface area contributed by atoms with Gasteiger partial charge in [0.25, 0.3) is 0 Å². The molecule has 9 heteroatoms. The molecule has 0 rings (SSSR count). The van der Waals surface area contributed by atoms with Gasteiger partial charge in [0.05, 0.1) is 40.3 Å². The summed E-state index contributed by atoms with van der Waals surface area (Å²) in [6.45, 7) is 4.53. The van der Waals surface area contributed by atoms with Gasteiger partial charge in [0.2, 0.25) is 0 Å². The first kappa shape index (κ1) is 86.4. The third kappa shape index (κ3) is 72.7. The summed E-state index contributed by atoms with van der Waals surface area (Å²) in [5.74, 6) is -2.28. The van der Waals surface area contributed by atoms with Crippen molar-refractivity contribution < 1.29 is 42.9 Å². The summed E-state index contributed by atoms with van der Waals surface area (Å²) in [5.41, 5.74) is 0. The lowest BCUT2D eigenvalue weighted by Crippen LogP contribution is -2.44. The highest BCUT2D eigenvalue weighted by molar-refractivity contribution is 5.70. The van der Waals surface area contributed by atoms with Crippen molar-refractivity contribution >= 4 is 17.9 Å². The number of likely N-dealkylation sites (N-methyl/N-ethyl adjacent to an activating group) is 1. The van der Waals surface area contributed by atoms with Crippen LogP contribution in [0.1, 0.15) is 309 Å². The van der Waals surface area contributed by atoms with E-state index in [4.69, 9.17) is 18.9 Å². The van der Waals surface area contributed by atoms with Gasteiger partial charge in [0.15, 0.2) is 12.4 Å². The zero-order chi connectivity index (χ0) is 66.1. The van der Waals surface area contributed by atoms with Gasteiger partial charge in [0.1, 0.15) is 13.2 Å². The largest absolute Gasteiger partial charge is 0.545 e. The highest BCUT2D eigenvalue weighted by Crippen LogP contribution is 2.18. The topological polar surface area (TPSA) is 111 Å². The van der Waals surface area contributed by atoms with E-state index in [1.807, 2.05) is 21.1 Å². The number of hydrogen-bond acceptors (Lipinski definition) is 8. The summed E-state index contributed by atoms with van der Waals surface area (Å²) in [7, 11) is 5.93. The van der Waals surface area contributed by atoms with Crippen molar-refractivity contribution in [1.82, 2.24) is 0 Å². The van der Waals surface area contributed by atoms with Crippen molar-refractivity contribution in [2.45, 2.75) is 322 Å². The van der Waals surface area contributed by atoms with Crippen LogP contribution in [-0.2, 0) is 33.3 Å². The van der Waals surface area contributed by atoms with Crippen LogP contribution in [0.2, 0.25) is 0 Å². The molecule has 0 aromatic heterocycles. The number of quaternary nitrogens is 1. The Morgan fingerprint density at radius 1 is 0.330 bits per heavy atom. The molecule has 2 atom stereocenters. The van der Waals surface area contributed by atoms with Crippen molar-refractivity contribution in [1.29, 1.82) is 0 Å². The van der Waals surface area contributed by atoms with Gasteiger partial charge in [-0.3, -0.25) is 9.59 Å². The van der Waals surface area contributed by atoms with E-state index in [1.165, 1.54) is 161 Å². The molecule has 2 unspecified atom stereocenters. The number of hydrogen-bond donors (Lipinski definition) is 0. The third-order valence-corrected chi connectivity index (χ3v) is 15.9. The van der Waals surface area contributed by atoms with Crippen LogP contribution in [0.4, 0.5) is 0 Å². The molecule has 0 bridgehead atoms.